The first-order valence-corrected chi connectivity index (χ1v) is 9.74. The van der Waals surface area contributed by atoms with Crippen LogP contribution in [0.2, 0.25) is 0 Å². The maximum Gasteiger partial charge on any atom is 0.387 e. The summed E-state index contributed by atoms with van der Waals surface area (Å²) in [6.45, 7) is -2.71. The largest absolute Gasteiger partial charge is 0.459 e. The van der Waals surface area contributed by atoms with Gasteiger partial charge in [-0.1, -0.05) is 42.5 Å². The van der Waals surface area contributed by atoms with Crippen LogP contribution in [0, 0.1) is 0 Å². The van der Waals surface area contributed by atoms with Crippen molar-refractivity contribution in [2.45, 2.75) is 32.2 Å². The molecular weight excluding hydrogens is 406 g/mol. The van der Waals surface area contributed by atoms with Crippen LogP contribution in [-0.4, -0.2) is 29.4 Å². The van der Waals surface area contributed by atoms with E-state index in [0.717, 1.165) is 11.1 Å². The number of alkyl halides is 2. The van der Waals surface area contributed by atoms with Gasteiger partial charge >= 0.3 is 6.61 Å². The average molecular weight is 426 g/mol. The first kappa shape index (κ1) is 20.6. The van der Waals surface area contributed by atoms with Crippen molar-refractivity contribution in [3.05, 3.63) is 89.4 Å². The number of hydrogen-bond acceptors (Lipinski definition) is 4. The molecule has 1 atom stereocenters. The highest BCUT2D eigenvalue weighted by Crippen LogP contribution is 2.26. The van der Waals surface area contributed by atoms with Crippen molar-refractivity contribution in [2.24, 2.45) is 0 Å². The minimum Gasteiger partial charge on any atom is -0.459 e. The molecule has 0 fully saturated rings. The third-order valence-electron chi connectivity index (χ3n) is 5.19. The number of hydrogen-bond donors (Lipinski definition) is 1. The van der Waals surface area contributed by atoms with Gasteiger partial charge in [-0.05, 0) is 29.3 Å². The van der Waals surface area contributed by atoms with Crippen molar-refractivity contribution in [1.29, 1.82) is 0 Å². The molecule has 2 amide bonds. The van der Waals surface area contributed by atoms with Gasteiger partial charge in [0.15, 0.2) is 5.76 Å². The number of fused-ring (bicyclic) bond motifs is 1. The second-order valence-electron chi connectivity index (χ2n) is 7.10. The van der Waals surface area contributed by atoms with Gasteiger partial charge in [-0.3, -0.25) is 9.59 Å². The molecule has 0 spiro atoms. The topological polar surface area (TPSA) is 71.8 Å². The lowest BCUT2D eigenvalue weighted by Crippen LogP contribution is -2.52. The van der Waals surface area contributed by atoms with Crippen molar-refractivity contribution in [1.82, 2.24) is 10.2 Å². The predicted molar refractivity (Wildman–Crippen MR) is 107 cm³/mol. The van der Waals surface area contributed by atoms with Crippen LogP contribution in [0.15, 0.2) is 71.3 Å². The van der Waals surface area contributed by atoms with Gasteiger partial charge in [-0.2, -0.15) is 8.78 Å². The van der Waals surface area contributed by atoms with Crippen LogP contribution in [-0.2, 0) is 24.3 Å². The molecule has 4 rings (SSSR count). The zero-order chi connectivity index (χ0) is 21.8. The SMILES string of the molecule is O=C(NCc1ccccc1OC(F)F)C1Cc2ccccc2CN1C(=O)c1ccco1. The Bertz CT molecular complexity index is 1070. The Morgan fingerprint density at radius 2 is 1.81 bits per heavy atom. The Kier molecular flexibility index (Phi) is 5.97. The number of nitrogens with zero attached hydrogens (tertiary/aromatic N) is 1. The van der Waals surface area contributed by atoms with Crippen LogP contribution in [0.4, 0.5) is 8.78 Å². The van der Waals surface area contributed by atoms with Crippen molar-refractivity contribution in [3.63, 3.8) is 0 Å². The van der Waals surface area contributed by atoms with E-state index in [-0.39, 0.29) is 36.4 Å². The molecule has 0 aliphatic carbocycles. The number of amides is 2. The van der Waals surface area contributed by atoms with Gasteiger partial charge in [0.1, 0.15) is 11.8 Å². The van der Waals surface area contributed by atoms with Gasteiger partial charge in [-0.15, -0.1) is 0 Å². The monoisotopic (exact) mass is 426 g/mol. The Morgan fingerprint density at radius 3 is 2.55 bits per heavy atom. The van der Waals surface area contributed by atoms with E-state index >= 15 is 0 Å². The summed E-state index contributed by atoms with van der Waals surface area (Å²) in [7, 11) is 0. The number of para-hydroxylation sites is 1. The van der Waals surface area contributed by atoms with Crippen LogP contribution < -0.4 is 10.1 Å². The number of carbonyl (C=O) groups is 2. The molecule has 1 aliphatic rings. The van der Waals surface area contributed by atoms with Gasteiger partial charge in [-0.25, -0.2) is 0 Å². The summed E-state index contributed by atoms with van der Waals surface area (Å²) in [5.41, 5.74) is 2.35. The predicted octanol–water partition coefficient (Wildman–Crippen LogP) is 3.76. The highest BCUT2D eigenvalue weighted by molar-refractivity contribution is 5.96. The Labute approximate surface area is 177 Å². The number of furan rings is 1. The van der Waals surface area contributed by atoms with Gasteiger partial charge in [0, 0.05) is 25.1 Å². The maximum absolute atomic E-state index is 13.1. The Morgan fingerprint density at radius 1 is 1.06 bits per heavy atom. The highest BCUT2D eigenvalue weighted by Gasteiger charge is 2.35. The number of carbonyl (C=O) groups excluding carboxylic acids is 2. The second kappa shape index (κ2) is 8.99. The fraction of sp³-hybridized carbons (Fsp3) is 0.217. The molecule has 6 nitrogen and oxygen atoms in total. The van der Waals surface area contributed by atoms with Crippen LogP contribution in [0.1, 0.15) is 27.2 Å². The standard InChI is InChI=1S/C23H20F2N2O4/c24-23(25)31-19-9-4-3-7-16(19)13-26-21(28)18-12-15-6-1-2-8-17(15)14-27(18)22(29)20-10-5-11-30-20/h1-11,18,23H,12-14H2,(H,26,28). The van der Waals surface area contributed by atoms with Crippen LogP contribution in [0.3, 0.4) is 0 Å². The van der Waals surface area contributed by atoms with Crippen LogP contribution >= 0.6 is 0 Å². The van der Waals surface area contributed by atoms with Gasteiger partial charge in [0.25, 0.3) is 5.91 Å². The molecule has 8 heteroatoms. The molecule has 1 aromatic heterocycles. The normalized spacial score (nSPS) is 15.5. The summed E-state index contributed by atoms with van der Waals surface area (Å²) >= 11 is 0. The lowest BCUT2D eigenvalue weighted by molar-refractivity contribution is -0.126. The lowest BCUT2D eigenvalue weighted by Gasteiger charge is -2.35. The molecule has 31 heavy (non-hydrogen) atoms. The fourth-order valence-electron chi connectivity index (χ4n) is 3.67. The smallest absolute Gasteiger partial charge is 0.387 e. The van der Waals surface area contributed by atoms with Crippen molar-refractivity contribution < 1.29 is 27.5 Å². The van der Waals surface area contributed by atoms with Crippen molar-refractivity contribution >= 4 is 11.8 Å². The summed E-state index contributed by atoms with van der Waals surface area (Å²) < 4.78 is 35.0. The van der Waals surface area contributed by atoms with Gasteiger partial charge in [0.05, 0.1) is 6.26 Å². The minimum absolute atomic E-state index is 0.00434. The molecule has 3 aromatic rings. The summed E-state index contributed by atoms with van der Waals surface area (Å²) in [4.78, 5) is 27.5. The molecule has 1 unspecified atom stereocenters. The summed E-state index contributed by atoms with van der Waals surface area (Å²) in [6.07, 6.45) is 1.74. The van der Waals surface area contributed by atoms with E-state index in [2.05, 4.69) is 10.1 Å². The first-order valence-electron chi connectivity index (χ1n) is 9.74. The van der Waals surface area contributed by atoms with Gasteiger partial charge < -0.3 is 19.4 Å². The van der Waals surface area contributed by atoms with E-state index in [0.29, 0.717) is 12.0 Å². The van der Waals surface area contributed by atoms with E-state index < -0.39 is 12.7 Å². The third-order valence-corrected chi connectivity index (χ3v) is 5.19. The van der Waals surface area contributed by atoms with E-state index in [9.17, 15) is 18.4 Å². The maximum atomic E-state index is 13.1. The minimum atomic E-state index is -2.96. The molecule has 160 valence electrons. The number of nitrogens with one attached hydrogen (secondary N) is 1. The number of halogens is 2. The zero-order valence-electron chi connectivity index (χ0n) is 16.5. The quantitative estimate of drug-likeness (QED) is 0.652. The van der Waals surface area contributed by atoms with Crippen molar-refractivity contribution in [2.75, 3.05) is 0 Å². The molecule has 2 heterocycles. The van der Waals surface area contributed by atoms with Gasteiger partial charge in [0.2, 0.25) is 5.91 Å². The molecule has 0 saturated carbocycles. The molecule has 2 aromatic carbocycles. The number of rotatable bonds is 6. The van der Waals surface area contributed by atoms with Crippen molar-refractivity contribution in [3.8, 4) is 5.75 Å². The number of ether oxygens (including phenoxy) is 1. The molecule has 0 radical (unpaired) electrons. The number of benzene rings is 2. The first-order chi connectivity index (χ1) is 15.0. The third kappa shape index (κ3) is 4.58. The second-order valence-corrected chi connectivity index (χ2v) is 7.10. The summed E-state index contributed by atoms with van der Waals surface area (Å²) in [5, 5.41) is 2.75. The molecular formula is C23H20F2N2O4. The Hall–Kier alpha value is -3.68. The van der Waals surface area contributed by atoms with Crippen LogP contribution in [0.25, 0.3) is 0 Å². The molecule has 0 saturated heterocycles. The Balaban J connectivity index is 1.54. The highest BCUT2D eigenvalue weighted by atomic mass is 19.3. The molecule has 1 aliphatic heterocycles. The van der Waals surface area contributed by atoms with Crippen LogP contribution in [0.5, 0.6) is 5.75 Å². The van der Waals surface area contributed by atoms with E-state index in [1.54, 1.807) is 30.3 Å². The van der Waals surface area contributed by atoms with E-state index in [4.69, 9.17) is 4.42 Å². The zero-order valence-corrected chi connectivity index (χ0v) is 16.5. The molecule has 0 bridgehead atoms. The average Bonchev–Trinajstić information content (AvgIpc) is 3.31. The summed E-state index contributed by atoms with van der Waals surface area (Å²) in [6, 6.07) is 16.3. The lowest BCUT2D eigenvalue weighted by atomic mass is 9.93. The van der Waals surface area contributed by atoms with E-state index in [1.807, 2.05) is 24.3 Å². The summed E-state index contributed by atoms with van der Waals surface area (Å²) in [5.74, 6) is -0.634. The van der Waals surface area contributed by atoms with E-state index in [1.165, 1.54) is 17.2 Å². The molecule has 1 N–H and O–H groups in total. The fourth-order valence-corrected chi connectivity index (χ4v) is 3.67.